The predicted molar refractivity (Wildman–Crippen MR) is 44.5 cm³/mol. The predicted octanol–water partition coefficient (Wildman–Crippen LogP) is 0.320. The molecule has 0 aliphatic carbocycles. The van der Waals surface area contributed by atoms with E-state index < -0.39 is 12.0 Å². The Labute approximate surface area is 72.3 Å². The van der Waals surface area contributed by atoms with Crippen LogP contribution in [0.1, 0.15) is 20.8 Å². The minimum atomic E-state index is -0.583. The summed E-state index contributed by atoms with van der Waals surface area (Å²) in [5, 5.41) is 2.42. The Morgan fingerprint density at radius 1 is 1.50 bits per heavy atom. The third-order valence-corrected chi connectivity index (χ3v) is 1.54. The molecule has 1 N–H and O–H groups in total. The van der Waals surface area contributed by atoms with Gasteiger partial charge in [0.2, 0.25) is 6.41 Å². The number of nitrogens with one attached hydrogen (secondary N) is 1. The fourth-order valence-corrected chi connectivity index (χ4v) is 0.857. The lowest BCUT2D eigenvalue weighted by atomic mass is 9.87. The largest absolute Gasteiger partial charge is 0.467 e. The fraction of sp³-hybridized carbons (Fsp3) is 0.750. The van der Waals surface area contributed by atoms with Crippen LogP contribution < -0.4 is 5.32 Å². The molecule has 0 radical (unpaired) electrons. The van der Waals surface area contributed by atoms with Gasteiger partial charge < -0.3 is 10.1 Å². The summed E-state index contributed by atoms with van der Waals surface area (Å²) >= 11 is 0. The molecule has 4 heteroatoms. The molecule has 0 fully saturated rings. The average molecular weight is 173 g/mol. The maximum atomic E-state index is 11.1. The number of hydrogen-bond acceptors (Lipinski definition) is 3. The summed E-state index contributed by atoms with van der Waals surface area (Å²) in [6, 6.07) is -0.583. The second-order valence-electron chi connectivity index (χ2n) is 3.61. The van der Waals surface area contributed by atoms with Gasteiger partial charge in [-0.25, -0.2) is 4.79 Å². The molecule has 1 amide bonds. The van der Waals surface area contributed by atoms with E-state index in [1.54, 1.807) is 0 Å². The molecule has 70 valence electrons. The molecule has 0 aromatic heterocycles. The topological polar surface area (TPSA) is 55.4 Å². The molecule has 0 aliphatic rings. The maximum Gasteiger partial charge on any atom is 0.328 e. The average Bonchev–Trinajstić information content (AvgIpc) is 1.96. The van der Waals surface area contributed by atoms with Gasteiger partial charge >= 0.3 is 5.97 Å². The molecule has 4 nitrogen and oxygen atoms in total. The number of rotatable bonds is 3. The molecule has 0 heterocycles. The van der Waals surface area contributed by atoms with Gasteiger partial charge in [-0.1, -0.05) is 20.8 Å². The Kier molecular flexibility index (Phi) is 3.73. The number of hydrogen-bond donors (Lipinski definition) is 1. The van der Waals surface area contributed by atoms with Crippen molar-refractivity contribution in [3.8, 4) is 0 Å². The highest BCUT2D eigenvalue weighted by atomic mass is 16.5. The summed E-state index contributed by atoms with van der Waals surface area (Å²) in [7, 11) is 1.30. The van der Waals surface area contributed by atoms with Crippen LogP contribution in [0.5, 0.6) is 0 Å². The van der Waals surface area contributed by atoms with E-state index in [9.17, 15) is 9.59 Å². The minimum Gasteiger partial charge on any atom is -0.467 e. The normalized spacial score (nSPS) is 13.3. The van der Waals surface area contributed by atoms with Crippen molar-refractivity contribution in [2.45, 2.75) is 26.8 Å². The fourth-order valence-electron chi connectivity index (χ4n) is 0.857. The van der Waals surface area contributed by atoms with E-state index in [0.29, 0.717) is 6.41 Å². The van der Waals surface area contributed by atoms with Crippen molar-refractivity contribution in [1.82, 2.24) is 5.32 Å². The Morgan fingerprint density at radius 3 is 2.25 bits per heavy atom. The van der Waals surface area contributed by atoms with Crippen LogP contribution in [-0.4, -0.2) is 25.5 Å². The second-order valence-corrected chi connectivity index (χ2v) is 3.61. The van der Waals surface area contributed by atoms with Gasteiger partial charge in [0.05, 0.1) is 7.11 Å². The molecular formula is C8H15NO3. The lowest BCUT2D eigenvalue weighted by molar-refractivity contribution is -0.147. The standard InChI is InChI=1S/C8H15NO3/c1-8(2,3)6(9-5-10)7(11)12-4/h5-6H,1-4H3,(H,9,10). The lowest BCUT2D eigenvalue weighted by Gasteiger charge is -2.27. The number of amides is 1. The second kappa shape index (κ2) is 4.09. The van der Waals surface area contributed by atoms with E-state index in [-0.39, 0.29) is 5.41 Å². The van der Waals surface area contributed by atoms with Crippen molar-refractivity contribution in [3.05, 3.63) is 0 Å². The zero-order valence-electron chi connectivity index (χ0n) is 7.88. The first-order chi connectivity index (χ1) is 5.43. The Hall–Kier alpha value is -1.06. The molecule has 0 aromatic rings. The number of carbonyl (C=O) groups excluding carboxylic acids is 2. The molecule has 1 unspecified atom stereocenters. The number of ether oxygens (including phenoxy) is 1. The van der Waals surface area contributed by atoms with Gasteiger partial charge in [-0.3, -0.25) is 4.79 Å². The van der Waals surface area contributed by atoms with Crippen LogP contribution in [0.25, 0.3) is 0 Å². The molecule has 0 rings (SSSR count). The summed E-state index contributed by atoms with van der Waals surface area (Å²) in [5.74, 6) is -0.422. The van der Waals surface area contributed by atoms with Crippen LogP contribution in [0.4, 0.5) is 0 Å². The van der Waals surface area contributed by atoms with Crippen LogP contribution in [-0.2, 0) is 14.3 Å². The highest BCUT2D eigenvalue weighted by Gasteiger charge is 2.31. The van der Waals surface area contributed by atoms with Gasteiger partial charge in [0.25, 0.3) is 0 Å². The number of carbonyl (C=O) groups is 2. The van der Waals surface area contributed by atoms with E-state index in [0.717, 1.165) is 0 Å². The summed E-state index contributed by atoms with van der Waals surface area (Å²) in [6.45, 7) is 5.56. The van der Waals surface area contributed by atoms with Gasteiger partial charge in [-0.15, -0.1) is 0 Å². The summed E-state index contributed by atoms with van der Waals surface area (Å²) < 4.78 is 4.53. The summed E-state index contributed by atoms with van der Waals surface area (Å²) in [6.07, 6.45) is 0.507. The van der Waals surface area contributed by atoms with Crippen molar-refractivity contribution < 1.29 is 14.3 Å². The molecule has 12 heavy (non-hydrogen) atoms. The number of methoxy groups -OCH3 is 1. The maximum absolute atomic E-state index is 11.1. The third kappa shape index (κ3) is 2.90. The van der Waals surface area contributed by atoms with Gasteiger partial charge in [0.1, 0.15) is 6.04 Å². The van der Waals surface area contributed by atoms with Gasteiger partial charge in [-0.05, 0) is 5.41 Å². The zero-order valence-corrected chi connectivity index (χ0v) is 7.88. The molecule has 0 bridgehead atoms. The van der Waals surface area contributed by atoms with Crippen LogP contribution in [0.3, 0.4) is 0 Å². The van der Waals surface area contributed by atoms with E-state index in [1.807, 2.05) is 20.8 Å². The Balaban J connectivity index is 4.43. The molecular weight excluding hydrogens is 158 g/mol. The van der Waals surface area contributed by atoms with Crippen molar-refractivity contribution in [3.63, 3.8) is 0 Å². The smallest absolute Gasteiger partial charge is 0.328 e. The third-order valence-electron chi connectivity index (χ3n) is 1.54. The zero-order chi connectivity index (χ0) is 9.78. The lowest BCUT2D eigenvalue weighted by Crippen LogP contribution is -2.46. The SMILES string of the molecule is COC(=O)C(NC=O)C(C)(C)C. The minimum absolute atomic E-state index is 0.325. The van der Waals surface area contributed by atoms with Crippen LogP contribution in [0, 0.1) is 5.41 Å². The molecule has 0 spiro atoms. The van der Waals surface area contributed by atoms with E-state index in [2.05, 4.69) is 10.1 Å². The monoisotopic (exact) mass is 173 g/mol. The van der Waals surface area contributed by atoms with Gasteiger partial charge in [0, 0.05) is 0 Å². The van der Waals surface area contributed by atoms with E-state index >= 15 is 0 Å². The van der Waals surface area contributed by atoms with E-state index in [4.69, 9.17) is 0 Å². The van der Waals surface area contributed by atoms with Gasteiger partial charge in [0.15, 0.2) is 0 Å². The summed E-state index contributed by atoms with van der Waals surface area (Å²) in [5.41, 5.74) is -0.325. The Bertz CT molecular complexity index is 172. The highest BCUT2D eigenvalue weighted by Crippen LogP contribution is 2.19. The van der Waals surface area contributed by atoms with Crippen molar-refractivity contribution in [2.75, 3.05) is 7.11 Å². The molecule has 0 aliphatic heterocycles. The van der Waals surface area contributed by atoms with E-state index in [1.165, 1.54) is 7.11 Å². The van der Waals surface area contributed by atoms with Crippen molar-refractivity contribution >= 4 is 12.4 Å². The van der Waals surface area contributed by atoms with Crippen LogP contribution in [0.15, 0.2) is 0 Å². The quantitative estimate of drug-likeness (QED) is 0.494. The van der Waals surface area contributed by atoms with Gasteiger partial charge in [-0.2, -0.15) is 0 Å². The number of esters is 1. The molecule has 0 saturated heterocycles. The first kappa shape index (κ1) is 10.9. The molecule has 0 aromatic carbocycles. The van der Waals surface area contributed by atoms with Crippen LogP contribution >= 0.6 is 0 Å². The molecule has 1 atom stereocenters. The molecule has 0 saturated carbocycles. The van der Waals surface area contributed by atoms with Crippen molar-refractivity contribution in [1.29, 1.82) is 0 Å². The Morgan fingerprint density at radius 2 is 2.00 bits per heavy atom. The van der Waals surface area contributed by atoms with Crippen LogP contribution in [0.2, 0.25) is 0 Å². The highest BCUT2D eigenvalue weighted by molar-refractivity contribution is 5.78. The first-order valence-electron chi connectivity index (χ1n) is 3.71. The summed E-state index contributed by atoms with van der Waals surface area (Å²) in [4.78, 5) is 21.3. The first-order valence-corrected chi connectivity index (χ1v) is 3.71. The van der Waals surface area contributed by atoms with Crippen molar-refractivity contribution in [2.24, 2.45) is 5.41 Å².